The molecule has 0 saturated heterocycles. The van der Waals surface area contributed by atoms with Gasteiger partial charge in [-0.05, 0) is 46.6 Å². The first-order chi connectivity index (χ1) is 9.40. The minimum absolute atomic E-state index is 0.0734. The normalized spacial score (nSPS) is 12.7. The molecule has 2 aromatic rings. The SMILES string of the molecule is C[C@@H](c1ccc(F)cc1)n1cc(C(F)F)cc(Br)c1=O. The van der Waals surface area contributed by atoms with Crippen molar-refractivity contribution in [2.45, 2.75) is 19.4 Å². The predicted octanol–water partition coefficient (Wildman–Crippen LogP) is 4.30. The number of aromatic nitrogens is 1. The van der Waals surface area contributed by atoms with E-state index in [2.05, 4.69) is 15.9 Å². The van der Waals surface area contributed by atoms with E-state index in [0.717, 1.165) is 12.3 Å². The molecule has 0 amide bonds. The lowest BCUT2D eigenvalue weighted by molar-refractivity contribution is 0.150. The minimum Gasteiger partial charge on any atom is -0.307 e. The fourth-order valence-electron chi connectivity index (χ4n) is 1.90. The second-order valence-electron chi connectivity index (χ2n) is 4.36. The summed E-state index contributed by atoms with van der Waals surface area (Å²) in [6.07, 6.45) is -1.54. The molecule has 0 radical (unpaired) electrons. The summed E-state index contributed by atoms with van der Waals surface area (Å²) < 4.78 is 39.8. The zero-order chi connectivity index (χ0) is 14.9. The zero-order valence-electron chi connectivity index (χ0n) is 10.5. The van der Waals surface area contributed by atoms with Crippen LogP contribution in [0.2, 0.25) is 0 Å². The molecule has 0 bridgehead atoms. The molecule has 1 heterocycles. The quantitative estimate of drug-likeness (QED) is 0.812. The van der Waals surface area contributed by atoms with Gasteiger partial charge >= 0.3 is 0 Å². The average Bonchev–Trinajstić information content (AvgIpc) is 2.41. The number of nitrogens with zero attached hydrogens (tertiary/aromatic N) is 1. The van der Waals surface area contributed by atoms with Gasteiger partial charge in [0.2, 0.25) is 0 Å². The highest BCUT2D eigenvalue weighted by Crippen LogP contribution is 2.23. The molecule has 0 fully saturated rings. The number of rotatable bonds is 3. The molecule has 1 aromatic carbocycles. The molecule has 2 nitrogen and oxygen atoms in total. The Morgan fingerprint density at radius 2 is 1.75 bits per heavy atom. The highest BCUT2D eigenvalue weighted by Gasteiger charge is 2.16. The van der Waals surface area contributed by atoms with Gasteiger partial charge in [-0.1, -0.05) is 12.1 Å². The van der Waals surface area contributed by atoms with Crippen molar-refractivity contribution < 1.29 is 13.2 Å². The lowest BCUT2D eigenvalue weighted by atomic mass is 10.1. The fourth-order valence-corrected chi connectivity index (χ4v) is 2.37. The van der Waals surface area contributed by atoms with E-state index in [1.165, 1.54) is 28.8 Å². The fraction of sp³-hybridized carbons (Fsp3) is 0.214. The van der Waals surface area contributed by atoms with Crippen LogP contribution < -0.4 is 5.56 Å². The largest absolute Gasteiger partial charge is 0.307 e. The lowest BCUT2D eigenvalue weighted by Gasteiger charge is -2.17. The Kier molecular flexibility index (Phi) is 4.32. The van der Waals surface area contributed by atoms with Crippen molar-refractivity contribution in [2.75, 3.05) is 0 Å². The van der Waals surface area contributed by atoms with Crippen molar-refractivity contribution in [1.82, 2.24) is 4.57 Å². The summed E-state index contributed by atoms with van der Waals surface area (Å²) in [5.41, 5.74) is 0.00322. The third kappa shape index (κ3) is 2.95. The van der Waals surface area contributed by atoms with Gasteiger partial charge in [0, 0.05) is 11.8 Å². The molecule has 0 unspecified atom stereocenters. The number of hydrogen-bond donors (Lipinski definition) is 0. The van der Waals surface area contributed by atoms with Gasteiger partial charge in [0.05, 0.1) is 10.5 Å². The van der Waals surface area contributed by atoms with Crippen LogP contribution in [0.25, 0.3) is 0 Å². The number of benzene rings is 1. The van der Waals surface area contributed by atoms with Crippen LogP contribution in [0.15, 0.2) is 45.8 Å². The molecule has 0 spiro atoms. The van der Waals surface area contributed by atoms with Crippen LogP contribution in [0.3, 0.4) is 0 Å². The molecule has 0 aliphatic heterocycles. The van der Waals surface area contributed by atoms with Crippen molar-refractivity contribution in [3.8, 4) is 0 Å². The summed E-state index contributed by atoms with van der Waals surface area (Å²) >= 11 is 2.99. The Morgan fingerprint density at radius 1 is 1.15 bits per heavy atom. The highest BCUT2D eigenvalue weighted by molar-refractivity contribution is 9.10. The van der Waals surface area contributed by atoms with E-state index < -0.39 is 23.8 Å². The summed E-state index contributed by atoms with van der Waals surface area (Å²) in [6.45, 7) is 1.69. The van der Waals surface area contributed by atoms with E-state index in [4.69, 9.17) is 0 Å². The molecular weight excluding hydrogens is 335 g/mol. The maximum absolute atomic E-state index is 12.9. The molecule has 0 aliphatic rings. The summed E-state index contributed by atoms with van der Waals surface area (Å²) in [5.74, 6) is -0.393. The van der Waals surface area contributed by atoms with Crippen LogP contribution in [0.1, 0.15) is 30.5 Å². The van der Waals surface area contributed by atoms with E-state index in [9.17, 15) is 18.0 Å². The van der Waals surface area contributed by atoms with Crippen molar-refractivity contribution in [2.24, 2.45) is 0 Å². The summed E-state index contributed by atoms with van der Waals surface area (Å²) in [6, 6.07) is 6.22. The Hall–Kier alpha value is -1.56. The lowest BCUT2D eigenvalue weighted by Crippen LogP contribution is -2.24. The maximum atomic E-state index is 12.9. The van der Waals surface area contributed by atoms with Crippen LogP contribution in [0.4, 0.5) is 13.2 Å². The van der Waals surface area contributed by atoms with Gasteiger partial charge in [0.15, 0.2) is 0 Å². The van der Waals surface area contributed by atoms with Crippen molar-refractivity contribution >= 4 is 15.9 Å². The highest BCUT2D eigenvalue weighted by atomic mass is 79.9. The first kappa shape index (κ1) is 14.8. The smallest absolute Gasteiger partial charge is 0.265 e. The average molecular weight is 346 g/mol. The van der Waals surface area contributed by atoms with Gasteiger partial charge < -0.3 is 4.57 Å². The van der Waals surface area contributed by atoms with E-state index >= 15 is 0 Å². The van der Waals surface area contributed by atoms with E-state index in [1.807, 2.05) is 0 Å². The van der Waals surface area contributed by atoms with Gasteiger partial charge in [0.1, 0.15) is 5.82 Å². The number of hydrogen-bond acceptors (Lipinski definition) is 1. The van der Waals surface area contributed by atoms with Crippen molar-refractivity contribution in [3.63, 3.8) is 0 Å². The molecule has 0 saturated carbocycles. The first-order valence-electron chi connectivity index (χ1n) is 5.85. The van der Waals surface area contributed by atoms with Crippen molar-refractivity contribution in [1.29, 1.82) is 0 Å². The Morgan fingerprint density at radius 3 is 2.30 bits per heavy atom. The zero-order valence-corrected chi connectivity index (χ0v) is 12.1. The summed E-state index contributed by atoms with van der Waals surface area (Å²) in [5, 5.41) is 0. The first-order valence-corrected chi connectivity index (χ1v) is 6.64. The summed E-state index contributed by atoms with van der Waals surface area (Å²) in [7, 11) is 0. The van der Waals surface area contributed by atoms with Crippen LogP contribution in [-0.2, 0) is 0 Å². The second-order valence-corrected chi connectivity index (χ2v) is 5.22. The molecule has 1 atom stereocenters. The van der Waals surface area contributed by atoms with Gasteiger partial charge in [-0.2, -0.15) is 0 Å². The number of pyridine rings is 1. The minimum atomic E-state index is -2.67. The van der Waals surface area contributed by atoms with Crippen molar-refractivity contribution in [3.05, 3.63) is 68.3 Å². The van der Waals surface area contributed by atoms with Gasteiger partial charge in [-0.3, -0.25) is 4.79 Å². The number of alkyl halides is 2. The standard InChI is InChI=1S/C14H11BrF3NO/c1-8(9-2-4-11(16)5-3-9)19-7-10(13(17)18)6-12(15)14(19)20/h2-8,13H,1H3/t8-/m0/s1. The van der Waals surface area contributed by atoms with E-state index in [-0.39, 0.29) is 10.0 Å². The third-order valence-corrected chi connectivity index (χ3v) is 3.61. The maximum Gasteiger partial charge on any atom is 0.265 e. The molecule has 0 N–H and O–H groups in total. The van der Waals surface area contributed by atoms with Crippen LogP contribution in [-0.4, -0.2) is 4.57 Å². The summed E-state index contributed by atoms with van der Waals surface area (Å²) in [4.78, 5) is 12.0. The molecular formula is C14H11BrF3NO. The van der Waals surface area contributed by atoms with Crippen LogP contribution in [0.5, 0.6) is 0 Å². The Balaban J connectivity index is 2.51. The van der Waals surface area contributed by atoms with Gasteiger partial charge in [-0.15, -0.1) is 0 Å². The monoisotopic (exact) mass is 345 g/mol. The number of halogens is 4. The molecule has 6 heteroatoms. The van der Waals surface area contributed by atoms with Crippen LogP contribution >= 0.6 is 15.9 Å². The molecule has 1 aromatic heterocycles. The van der Waals surface area contributed by atoms with Gasteiger partial charge in [-0.25, -0.2) is 13.2 Å². The Labute approximate surface area is 122 Å². The van der Waals surface area contributed by atoms with E-state index in [1.54, 1.807) is 6.92 Å². The molecule has 106 valence electrons. The predicted molar refractivity (Wildman–Crippen MR) is 73.6 cm³/mol. The Bertz CT molecular complexity index is 667. The topological polar surface area (TPSA) is 22.0 Å². The molecule has 0 aliphatic carbocycles. The second kappa shape index (κ2) is 5.83. The molecule has 2 rings (SSSR count). The molecule has 20 heavy (non-hydrogen) atoms. The van der Waals surface area contributed by atoms with Gasteiger partial charge in [0.25, 0.3) is 12.0 Å². The third-order valence-electron chi connectivity index (χ3n) is 3.04. The van der Waals surface area contributed by atoms with E-state index in [0.29, 0.717) is 5.56 Å². The van der Waals surface area contributed by atoms with Crippen LogP contribution in [0, 0.1) is 5.82 Å².